The van der Waals surface area contributed by atoms with Crippen LogP contribution in [0.2, 0.25) is 0 Å². The van der Waals surface area contributed by atoms with Crippen LogP contribution in [-0.2, 0) is 0 Å². The van der Waals surface area contributed by atoms with Gasteiger partial charge in [0, 0.05) is 47.8 Å². The highest BCUT2D eigenvalue weighted by Gasteiger charge is 2.26. The van der Waals surface area contributed by atoms with E-state index in [2.05, 4.69) is 175 Å². The molecule has 0 radical (unpaired) electrons. The van der Waals surface area contributed by atoms with E-state index in [1.165, 1.54) is 53.2 Å². The van der Waals surface area contributed by atoms with Gasteiger partial charge in [-0.05, 0) is 59.0 Å². The highest BCUT2D eigenvalue weighted by atomic mass is 32.1. The number of fused-ring (bicyclic) bond motifs is 10. The summed E-state index contributed by atoms with van der Waals surface area (Å²) in [5, 5.41) is 4.91. The van der Waals surface area contributed by atoms with Gasteiger partial charge in [0.15, 0.2) is 0 Å². The van der Waals surface area contributed by atoms with Crippen LogP contribution < -0.4 is 9.64 Å². The molecule has 2 heterocycles. The molecule has 0 bridgehead atoms. The summed E-state index contributed by atoms with van der Waals surface area (Å²) < 4.78 is 9.15. The first-order chi connectivity index (χ1) is 24.3. The van der Waals surface area contributed by atoms with Crippen molar-refractivity contribution < 1.29 is 4.74 Å². The lowest BCUT2D eigenvalue weighted by Gasteiger charge is -2.30. The third-order valence-corrected chi connectivity index (χ3v) is 10.8. The van der Waals surface area contributed by atoms with Crippen molar-refractivity contribution in [2.24, 2.45) is 0 Å². The highest BCUT2D eigenvalue weighted by molar-refractivity contribution is 7.26. The molecule has 0 saturated heterocycles. The topological polar surface area (TPSA) is 12.5 Å². The largest absolute Gasteiger partial charge is 0.456 e. The van der Waals surface area contributed by atoms with Crippen LogP contribution in [0.4, 0.5) is 17.1 Å². The van der Waals surface area contributed by atoms with Crippen molar-refractivity contribution in [2.75, 3.05) is 4.90 Å². The van der Waals surface area contributed by atoms with Gasteiger partial charge in [-0.15, -0.1) is 11.3 Å². The van der Waals surface area contributed by atoms with Crippen molar-refractivity contribution in [3.8, 4) is 44.9 Å². The van der Waals surface area contributed by atoms with E-state index in [1.54, 1.807) is 0 Å². The number of nitrogens with zero attached hydrogens (tertiary/aromatic N) is 1. The quantitative estimate of drug-likeness (QED) is 0.189. The van der Waals surface area contributed by atoms with Crippen molar-refractivity contribution in [1.29, 1.82) is 0 Å². The van der Waals surface area contributed by atoms with E-state index in [9.17, 15) is 0 Å². The Morgan fingerprint density at radius 1 is 0.367 bits per heavy atom. The van der Waals surface area contributed by atoms with Crippen LogP contribution in [0.1, 0.15) is 0 Å². The number of benzene rings is 8. The maximum Gasteiger partial charge on any atom is 0.135 e. The van der Waals surface area contributed by atoms with Crippen LogP contribution >= 0.6 is 11.3 Å². The standard InChI is InChI=1S/C46H29NOS/c1-2-14-30(15-3-1)31-16-4-8-21-38(31)47(40-23-13-27-44-46(40)37-19-7-11-26-43(37)49-44)39-22-12-20-34-32(39)28-29-35-33-17-5-9-24-41(33)48-42-25-10-6-18-36(42)45(34)35/h1-29H. The minimum absolute atomic E-state index is 0.868. The zero-order valence-corrected chi connectivity index (χ0v) is 27.3. The molecule has 0 aliphatic carbocycles. The number of thiophene rings is 1. The molecule has 1 aliphatic heterocycles. The Kier molecular flexibility index (Phi) is 6.39. The lowest BCUT2D eigenvalue weighted by molar-refractivity contribution is 0.488. The van der Waals surface area contributed by atoms with E-state index in [-0.39, 0.29) is 0 Å². The molecule has 10 rings (SSSR count). The Labute approximate surface area is 288 Å². The Morgan fingerprint density at radius 3 is 1.86 bits per heavy atom. The predicted molar refractivity (Wildman–Crippen MR) is 208 cm³/mol. The SMILES string of the molecule is c1ccc(-c2ccccc2N(c2cccc3c4c(ccc23)-c2ccccc2Oc2ccccc2-4)c2cccc3sc4ccccc4c23)cc1. The van der Waals surface area contributed by atoms with E-state index in [0.29, 0.717) is 0 Å². The Balaban J connectivity index is 1.32. The van der Waals surface area contributed by atoms with Crippen LogP contribution in [0.25, 0.3) is 64.3 Å². The molecule has 0 amide bonds. The first kappa shape index (κ1) is 27.9. The van der Waals surface area contributed by atoms with Crippen molar-refractivity contribution in [1.82, 2.24) is 0 Å². The van der Waals surface area contributed by atoms with Crippen LogP contribution in [0.3, 0.4) is 0 Å². The lowest BCUT2D eigenvalue weighted by atomic mass is 9.89. The zero-order chi connectivity index (χ0) is 32.3. The molecule has 8 aromatic carbocycles. The first-order valence-corrected chi connectivity index (χ1v) is 17.4. The number of hydrogen-bond acceptors (Lipinski definition) is 3. The molecule has 9 aromatic rings. The molecule has 0 unspecified atom stereocenters. The van der Waals surface area contributed by atoms with Crippen LogP contribution in [0, 0.1) is 0 Å². The van der Waals surface area contributed by atoms with Gasteiger partial charge in [0.2, 0.25) is 0 Å². The summed E-state index contributed by atoms with van der Waals surface area (Å²) in [5.41, 5.74) is 10.3. The number of para-hydroxylation sites is 3. The second-order valence-corrected chi connectivity index (χ2v) is 13.5. The highest BCUT2D eigenvalue weighted by Crippen LogP contribution is 2.53. The molecule has 3 heteroatoms. The van der Waals surface area contributed by atoms with E-state index in [1.807, 2.05) is 17.4 Å². The predicted octanol–water partition coefficient (Wildman–Crippen LogP) is 13.8. The number of ether oxygens (including phenoxy) is 1. The molecule has 0 saturated carbocycles. The second kappa shape index (κ2) is 11.2. The summed E-state index contributed by atoms with van der Waals surface area (Å²) in [5.74, 6) is 1.74. The minimum Gasteiger partial charge on any atom is -0.456 e. The van der Waals surface area contributed by atoms with E-state index < -0.39 is 0 Å². The maximum atomic E-state index is 6.59. The molecule has 2 nitrogen and oxygen atoms in total. The monoisotopic (exact) mass is 643 g/mol. The summed E-state index contributed by atoms with van der Waals surface area (Å²) in [6.45, 7) is 0. The summed E-state index contributed by atoms with van der Waals surface area (Å²) in [6.07, 6.45) is 0. The van der Waals surface area contributed by atoms with Crippen LogP contribution in [0.5, 0.6) is 11.5 Å². The third-order valence-electron chi connectivity index (χ3n) is 9.68. The van der Waals surface area contributed by atoms with Gasteiger partial charge >= 0.3 is 0 Å². The Morgan fingerprint density at radius 2 is 0.980 bits per heavy atom. The van der Waals surface area contributed by atoms with Crippen molar-refractivity contribution >= 4 is 59.3 Å². The molecule has 1 aliphatic rings. The van der Waals surface area contributed by atoms with Gasteiger partial charge in [0.05, 0.1) is 17.1 Å². The molecular weight excluding hydrogens is 615 g/mol. The number of hydrogen-bond donors (Lipinski definition) is 0. The first-order valence-electron chi connectivity index (χ1n) is 16.6. The van der Waals surface area contributed by atoms with Crippen molar-refractivity contribution in [2.45, 2.75) is 0 Å². The average Bonchev–Trinajstić information content (AvgIpc) is 3.48. The molecule has 1 aromatic heterocycles. The summed E-state index contributed by atoms with van der Waals surface area (Å²) in [6, 6.07) is 63.2. The molecule has 0 atom stereocenters. The summed E-state index contributed by atoms with van der Waals surface area (Å²) in [7, 11) is 0. The smallest absolute Gasteiger partial charge is 0.135 e. The van der Waals surface area contributed by atoms with Crippen LogP contribution in [0.15, 0.2) is 176 Å². The fourth-order valence-electron chi connectivity index (χ4n) is 7.57. The van der Waals surface area contributed by atoms with Gasteiger partial charge in [0.25, 0.3) is 0 Å². The Hall–Kier alpha value is -6.16. The summed E-state index contributed by atoms with van der Waals surface area (Å²) in [4.78, 5) is 2.49. The van der Waals surface area contributed by atoms with Gasteiger partial charge in [-0.2, -0.15) is 0 Å². The van der Waals surface area contributed by atoms with Gasteiger partial charge in [-0.25, -0.2) is 0 Å². The van der Waals surface area contributed by atoms with Gasteiger partial charge in [-0.3, -0.25) is 0 Å². The zero-order valence-electron chi connectivity index (χ0n) is 26.5. The van der Waals surface area contributed by atoms with Crippen LogP contribution in [-0.4, -0.2) is 0 Å². The fraction of sp³-hybridized carbons (Fsp3) is 0. The van der Waals surface area contributed by atoms with Crippen molar-refractivity contribution in [3.05, 3.63) is 176 Å². The number of rotatable bonds is 4. The van der Waals surface area contributed by atoms with Gasteiger partial charge in [0.1, 0.15) is 11.5 Å². The number of anilines is 3. The maximum absolute atomic E-state index is 6.59. The van der Waals surface area contributed by atoms with E-state index in [4.69, 9.17) is 4.74 Å². The van der Waals surface area contributed by atoms with E-state index in [0.717, 1.165) is 39.7 Å². The molecular formula is C46H29NOS. The lowest BCUT2D eigenvalue weighted by Crippen LogP contribution is -2.12. The fourth-order valence-corrected chi connectivity index (χ4v) is 8.70. The molecule has 230 valence electrons. The average molecular weight is 644 g/mol. The molecule has 0 N–H and O–H groups in total. The Bertz CT molecular complexity index is 2710. The third kappa shape index (κ3) is 4.40. The minimum atomic E-state index is 0.868. The van der Waals surface area contributed by atoms with E-state index >= 15 is 0 Å². The summed E-state index contributed by atoms with van der Waals surface area (Å²) >= 11 is 1.85. The van der Waals surface area contributed by atoms with Gasteiger partial charge in [-0.1, -0.05) is 133 Å². The molecule has 0 spiro atoms. The molecule has 0 fully saturated rings. The second-order valence-electron chi connectivity index (χ2n) is 12.4. The normalized spacial score (nSPS) is 11.8. The molecule has 49 heavy (non-hydrogen) atoms. The van der Waals surface area contributed by atoms with Crippen molar-refractivity contribution in [3.63, 3.8) is 0 Å². The van der Waals surface area contributed by atoms with Gasteiger partial charge < -0.3 is 9.64 Å².